The van der Waals surface area contributed by atoms with Crippen molar-refractivity contribution in [2.75, 3.05) is 6.54 Å². The highest BCUT2D eigenvalue weighted by atomic mass is 16.5. The fraction of sp³-hybridized carbons (Fsp3) is 0.176. The van der Waals surface area contributed by atoms with Gasteiger partial charge in [-0.1, -0.05) is 24.3 Å². The van der Waals surface area contributed by atoms with Crippen molar-refractivity contribution in [3.05, 3.63) is 60.2 Å². The Bertz CT molecular complexity index is 706. The quantitative estimate of drug-likeness (QED) is 0.559. The lowest BCUT2D eigenvalue weighted by Gasteiger charge is -2.19. The van der Waals surface area contributed by atoms with Crippen LogP contribution in [0.2, 0.25) is 0 Å². The SMILES string of the molecule is C[C@H](CN(O)C(N)=O)NC(=O)c1cccc(Oc2ccccc2)c1. The second kappa shape index (κ2) is 7.98. The van der Waals surface area contributed by atoms with Gasteiger partial charge in [0.2, 0.25) is 0 Å². The molecule has 0 spiro atoms. The number of amides is 3. The molecule has 0 bridgehead atoms. The second-order valence-corrected chi connectivity index (χ2v) is 5.24. The Morgan fingerprint density at radius 3 is 2.50 bits per heavy atom. The number of benzene rings is 2. The van der Waals surface area contributed by atoms with Crippen molar-refractivity contribution in [2.24, 2.45) is 5.73 Å². The van der Waals surface area contributed by atoms with E-state index >= 15 is 0 Å². The van der Waals surface area contributed by atoms with Gasteiger partial charge in [-0.05, 0) is 37.3 Å². The van der Waals surface area contributed by atoms with Crippen molar-refractivity contribution in [1.82, 2.24) is 10.4 Å². The Morgan fingerprint density at radius 2 is 1.83 bits per heavy atom. The van der Waals surface area contributed by atoms with Crippen LogP contribution < -0.4 is 15.8 Å². The van der Waals surface area contributed by atoms with Crippen molar-refractivity contribution < 1.29 is 19.5 Å². The minimum Gasteiger partial charge on any atom is -0.457 e. The first-order valence-electron chi connectivity index (χ1n) is 7.35. The van der Waals surface area contributed by atoms with Gasteiger partial charge in [0, 0.05) is 11.6 Å². The normalized spacial score (nSPS) is 11.4. The molecule has 126 valence electrons. The maximum Gasteiger partial charge on any atom is 0.338 e. The van der Waals surface area contributed by atoms with Crippen molar-refractivity contribution in [3.63, 3.8) is 0 Å². The molecule has 0 unspecified atom stereocenters. The minimum atomic E-state index is -0.977. The molecule has 0 aliphatic heterocycles. The number of hydrogen-bond acceptors (Lipinski definition) is 4. The average molecular weight is 329 g/mol. The van der Waals surface area contributed by atoms with Crippen LogP contribution in [0.3, 0.4) is 0 Å². The van der Waals surface area contributed by atoms with E-state index in [0.717, 1.165) is 0 Å². The van der Waals surface area contributed by atoms with Crippen LogP contribution in [0.4, 0.5) is 4.79 Å². The Morgan fingerprint density at radius 1 is 1.17 bits per heavy atom. The molecule has 0 aromatic heterocycles. The Labute approximate surface area is 139 Å². The van der Waals surface area contributed by atoms with E-state index in [4.69, 9.17) is 10.5 Å². The molecule has 7 heteroatoms. The van der Waals surface area contributed by atoms with Crippen molar-refractivity contribution in [2.45, 2.75) is 13.0 Å². The third kappa shape index (κ3) is 4.99. The molecule has 0 heterocycles. The monoisotopic (exact) mass is 329 g/mol. The zero-order valence-corrected chi connectivity index (χ0v) is 13.2. The lowest BCUT2D eigenvalue weighted by molar-refractivity contribution is -0.0440. The summed E-state index contributed by atoms with van der Waals surface area (Å²) in [5.41, 5.74) is 5.33. The van der Waals surface area contributed by atoms with Gasteiger partial charge in [0.1, 0.15) is 11.5 Å². The summed E-state index contributed by atoms with van der Waals surface area (Å²) in [7, 11) is 0. The molecule has 0 radical (unpaired) electrons. The molecule has 7 nitrogen and oxygen atoms in total. The van der Waals surface area contributed by atoms with Gasteiger partial charge in [0.15, 0.2) is 0 Å². The summed E-state index contributed by atoms with van der Waals surface area (Å²) < 4.78 is 5.68. The summed E-state index contributed by atoms with van der Waals surface area (Å²) in [6, 6.07) is 14.5. The van der Waals surface area contributed by atoms with E-state index in [2.05, 4.69) is 5.32 Å². The van der Waals surface area contributed by atoms with E-state index in [1.807, 2.05) is 30.3 Å². The molecule has 2 aromatic carbocycles. The molecule has 0 saturated heterocycles. The highest BCUT2D eigenvalue weighted by Crippen LogP contribution is 2.21. The van der Waals surface area contributed by atoms with Crippen LogP contribution in [0.1, 0.15) is 17.3 Å². The molecule has 2 aromatic rings. The molecule has 0 fully saturated rings. The highest BCUT2D eigenvalue weighted by molar-refractivity contribution is 5.94. The maximum atomic E-state index is 12.2. The van der Waals surface area contributed by atoms with Gasteiger partial charge in [0.25, 0.3) is 5.91 Å². The van der Waals surface area contributed by atoms with Gasteiger partial charge in [-0.2, -0.15) is 0 Å². The zero-order valence-electron chi connectivity index (χ0n) is 13.2. The first-order valence-corrected chi connectivity index (χ1v) is 7.35. The molecule has 0 aliphatic carbocycles. The number of nitrogens with two attached hydrogens (primary N) is 1. The number of hydrogen-bond donors (Lipinski definition) is 3. The third-order valence-corrected chi connectivity index (χ3v) is 3.15. The fourth-order valence-corrected chi connectivity index (χ4v) is 2.03. The first kappa shape index (κ1) is 17.3. The molecular weight excluding hydrogens is 310 g/mol. The van der Waals surface area contributed by atoms with Gasteiger partial charge < -0.3 is 15.8 Å². The molecule has 24 heavy (non-hydrogen) atoms. The van der Waals surface area contributed by atoms with E-state index in [-0.39, 0.29) is 12.5 Å². The van der Waals surface area contributed by atoms with E-state index in [1.54, 1.807) is 31.2 Å². The van der Waals surface area contributed by atoms with E-state index in [9.17, 15) is 14.8 Å². The lowest BCUT2D eigenvalue weighted by Crippen LogP contribution is -2.44. The Hall–Kier alpha value is -3.06. The van der Waals surface area contributed by atoms with Gasteiger partial charge in [-0.15, -0.1) is 0 Å². The standard InChI is InChI=1S/C17H19N3O4/c1-12(11-20(23)17(18)22)19-16(21)13-6-5-9-15(10-13)24-14-7-3-2-4-8-14/h2-10,12,23H,11H2,1H3,(H2,18,22)(H,19,21)/t12-/m1/s1. The van der Waals surface area contributed by atoms with E-state index in [0.29, 0.717) is 22.1 Å². The predicted octanol–water partition coefficient (Wildman–Crippen LogP) is 2.37. The lowest BCUT2D eigenvalue weighted by atomic mass is 10.2. The molecule has 0 saturated carbocycles. The van der Waals surface area contributed by atoms with E-state index in [1.165, 1.54) is 0 Å². The van der Waals surface area contributed by atoms with Crippen LogP contribution in [0.15, 0.2) is 54.6 Å². The summed E-state index contributed by atoms with van der Waals surface area (Å²) in [4.78, 5) is 23.0. The molecular formula is C17H19N3O4. The molecule has 4 N–H and O–H groups in total. The van der Waals surface area contributed by atoms with Crippen molar-refractivity contribution in [3.8, 4) is 11.5 Å². The van der Waals surface area contributed by atoms with Crippen LogP contribution in [0.5, 0.6) is 11.5 Å². The smallest absolute Gasteiger partial charge is 0.338 e. The number of para-hydroxylation sites is 1. The van der Waals surface area contributed by atoms with Crippen LogP contribution in [0, 0.1) is 0 Å². The summed E-state index contributed by atoms with van der Waals surface area (Å²) >= 11 is 0. The van der Waals surface area contributed by atoms with Crippen LogP contribution in [-0.4, -0.2) is 34.8 Å². The Balaban J connectivity index is 2.00. The van der Waals surface area contributed by atoms with Gasteiger partial charge in [-0.3, -0.25) is 10.0 Å². The number of carbonyl (C=O) groups excluding carboxylic acids is 2. The fourth-order valence-electron chi connectivity index (χ4n) is 2.03. The second-order valence-electron chi connectivity index (χ2n) is 5.24. The van der Waals surface area contributed by atoms with E-state index < -0.39 is 12.1 Å². The van der Waals surface area contributed by atoms with Gasteiger partial charge in [0.05, 0.1) is 6.54 Å². The van der Waals surface area contributed by atoms with Crippen molar-refractivity contribution >= 4 is 11.9 Å². The molecule has 0 aliphatic rings. The topological polar surface area (TPSA) is 105 Å². The number of carbonyl (C=O) groups is 2. The minimum absolute atomic E-state index is 0.110. The van der Waals surface area contributed by atoms with Crippen molar-refractivity contribution in [1.29, 1.82) is 0 Å². The summed E-state index contributed by atoms with van der Waals surface area (Å²) in [6.45, 7) is 1.54. The average Bonchev–Trinajstić information content (AvgIpc) is 2.55. The zero-order chi connectivity index (χ0) is 17.5. The number of hydroxylamine groups is 2. The Kier molecular flexibility index (Phi) is 5.75. The highest BCUT2D eigenvalue weighted by Gasteiger charge is 2.15. The number of nitrogens with one attached hydrogen (secondary N) is 1. The van der Waals surface area contributed by atoms with Crippen LogP contribution >= 0.6 is 0 Å². The number of nitrogens with zero attached hydrogens (tertiary/aromatic N) is 1. The maximum absolute atomic E-state index is 12.2. The predicted molar refractivity (Wildman–Crippen MR) is 88.0 cm³/mol. The number of urea groups is 1. The summed E-state index contributed by atoms with van der Waals surface area (Å²) in [5, 5.41) is 12.3. The number of ether oxygens (including phenoxy) is 1. The first-order chi connectivity index (χ1) is 11.5. The van der Waals surface area contributed by atoms with Gasteiger partial charge in [-0.25, -0.2) is 9.86 Å². The molecule has 3 amide bonds. The molecule has 2 rings (SSSR count). The third-order valence-electron chi connectivity index (χ3n) is 3.15. The summed E-state index contributed by atoms with van der Waals surface area (Å²) in [5.74, 6) is 0.849. The number of rotatable bonds is 6. The van der Waals surface area contributed by atoms with Crippen LogP contribution in [0.25, 0.3) is 0 Å². The summed E-state index contributed by atoms with van der Waals surface area (Å²) in [6.07, 6.45) is 0. The van der Waals surface area contributed by atoms with Gasteiger partial charge >= 0.3 is 6.03 Å². The van der Waals surface area contributed by atoms with Crippen LogP contribution in [-0.2, 0) is 0 Å². The number of primary amides is 1. The molecule has 1 atom stereocenters. The largest absolute Gasteiger partial charge is 0.457 e.